The van der Waals surface area contributed by atoms with Crippen molar-refractivity contribution >= 4 is 12.4 Å². The van der Waals surface area contributed by atoms with Crippen molar-refractivity contribution in [2.24, 2.45) is 11.8 Å². The van der Waals surface area contributed by atoms with Crippen LogP contribution in [0.2, 0.25) is 0 Å². The maximum absolute atomic E-state index is 12.7. The van der Waals surface area contributed by atoms with Gasteiger partial charge in [0.15, 0.2) is 0 Å². The summed E-state index contributed by atoms with van der Waals surface area (Å²) in [6.07, 6.45) is 3.28. The number of halogens is 3. The van der Waals surface area contributed by atoms with Crippen LogP contribution in [0.4, 0.5) is 12.9 Å². The van der Waals surface area contributed by atoms with Crippen molar-refractivity contribution in [2.75, 3.05) is 0 Å². The third-order valence-electron chi connectivity index (χ3n) is 4.01. The van der Waals surface area contributed by atoms with E-state index >= 15 is 0 Å². The van der Waals surface area contributed by atoms with Crippen LogP contribution in [-0.2, 0) is 0 Å². The third-order valence-corrected chi connectivity index (χ3v) is 4.01. The summed E-state index contributed by atoms with van der Waals surface area (Å²) < 4.78 is 44.0. The first-order chi connectivity index (χ1) is 9.25. The van der Waals surface area contributed by atoms with Gasteiger partial charge >= 0.3 is 6.98 Å². The van der Waals surface area contributed by atoms with Gasteiger partial charge in [0.1, 0.15) is 5.75 Å². The Hall–Kier alpha value is -1.13. The van der Waals surface area contributed by atoms with Gasteiger partial charge in [-0.2, -0.15) is 0 Å². The largest absolute Gasteiger partial charge is 0.509 e. The molecule has 20 heavy (non-hydrogen) atoms. The van der Waals surface area contributed by atoms with E-state index in [0.717, 1.165) is 18.9 Å². The standard InChI is InChI=1S/C15H21BF3O/c1-10-6-11(2)8-14(7-10)20-15-5-4-13(9-12(15)3)16(17,18)19/h4-5,9-11,14H,6-8H2,1-3H3/q-1. The van der Waals surface area contributed by atoms with Crippen molar-refractivity contribution in [3.63, 3.8) is 0 Å². The van der Waals surface area contributed by atoms with Gasteiger partial charge in [-0.3, -0.25) is 0 Å². The topological polar surface area (TPSA) is 9.23 Å². The summed E-state index contributed by atoms with van der Waals surface area (Å²) in [5.74, 6) is 1.81. The minimum Gasteiger partial charge on any atom is -0.490 e. The molecular formula is C15H21BF3O-. The number of hydrogen-bond donors (Lipinski definition) is 0. The van der Waals surface area contributed by atoms with Crippen LogP contribution in [0.15, 0.2) is 18.2 Å². The maximum Gasteiger partial charge on any atom is 0.509 e. The van der Waals surface area contributed by atoms with Gasteiger partial charge in [0.2, 0.25) is 0 Å². The minimum absolute atomic E-state index is 0.120. The summed E-state index contributed by atoms with van der Waals surface area (Å²) >= 11 is 0. The van der Waals surface area contributed by atoms with E-state index in [1.807, 2.05) is 0 Å². The van der Waals surface area contributed by atoms with E-state index in [1.54, 1.807) is 6.92 Å². The molecule has 1 aliphatic carbocycles. The lowest BCUT2D eigenvalue weighted by Gasteiger charge is -2.32. The van der Waals surface area contributed by atoms with Crippen LogP contribution >= 0.6 is 0 Å². The molecule has 0 aliphatic heterocycles. The Morgan fingerprint density at radius 3 is 2.15 bits per heavy atom. The number of ether oxygens (including phenoxy) is 1. The van der Waals surface area contributed by atoms with Gasteiger partial charge < -0.3 is 17.7 Å². The van der Waals surface area contributed by atoms with Gasteiger partial charge in [-0.15, -0.1) is 5.46 Å². The zero-order valence-electron chi connectivity index (χ0n) is 12.2. The molecule has 1 aromatic carbocycles. The van der Waals surface area contributed by atoms with Crippen LogP contribution in [0.25, 0.3) is 0 Å². The Balaban J connectivity index is 2.10. The quantitative estimate of drug-likeness (QED) is 0.754. The highest BCUT2D eigenvalue weighted by molar-refractivity contribution is 6.73. The van der Waals surface area contributed by atoms with E-state index in [4.69, 9.17) is 4.74 Å². The zero-order chi connectivity index (χ0) is 14.9. The molecule has 0 bridgehead atoms. The van der Waals surface area contributed by atoms with Crippen molar-refractivity contribution in [1.82, 2.24) is 0 Å². The van der Waals surface area contributed by atoms with E-state index < -0.39 is 12.4 Å². The van der Waals surface area contributed by atoms with E-state index in [1.165, 1.54) is 18.6 Å². The van der Waals surface area contributed by atoms with Crippen molar-refractivity contribution in [2.45, 2.75) is 46.1 Å². The lowest BCUT2D eigenvalue weighted by molar-refractivity contribution is 0.100. The van der Waals surface area contributed by atoms with Gasteiger partial charge in [0.05, 0.1) is 6.10 Å². The lowest BCUT2D eigenvalue weighted by atomic mass is 9.79. The van der Waals surface area contributed by atoms with Crippen molar-refractivity contribution in [1.29, 1.82) is 0 Å². The molecule has 0 heterocycles. The number of rotatable bonds is 3. The molecule has 0 spiro atoms. The first-order valence-electron chi connectivity index (χ1n) is 7.23. The smallest absolute Gasteiger partial charge is 0.490 e. The normalized spacial score (nSPS) is 27.4. The van der Waals surface area contributed by atoms with E-state index in [0.29, 0.717) is 23.1 Å². The van der Waals surface area contributed by atoms with Gasteiger partial charge in [0.25, 0.3) is 0 Å². The minimum atomic E-state index is -4.93. The van der Waals surface area contributed by atoms with Crippen molar-refractivity contribution < 1.29 is 17.7 Å². The van der Waals surface area contributed by atoms with Gasteiger partial charge in [-0.05, 0) is 49.7 Å². The molecule has 0 N–H and O–H groups in total. The number of aryl methyl sites for hydroxylation is 1. The Kier molecular flexibility index (Phi) is 4.35. The molecule has 0 radical (unpaired) electrons. The second kappa shape index (κ2) is 5.70. The summed E-state index contributed by atoms with van der Waals surface area (Å²) in [4.78, 5) is 0. The molecule has 5 heteroatoms. The van der Waals surface area contributed by atoms with Gasteiger partial charge in [-0.1, -0.05) is 26.0 Å². The summed E-state index contributed by atoms with van der Waals surface area (Å²) in [7, 11) is 0. The van der Waals surface area contributed by atoms with Gasteiger partial charge in [0, 0.05) is 0 Å². The molecule has 1 saturated carbocycles. The fourth-order valence-electron chi connectivity index (χ4n) is 3.16. The fourth-order valence-corrected chi connectivity index (χ4v) is 3.16. The number of benzene rings is 1. The van der Waals surface area contributed by atoms with Crippen LogP contribution in [0.3, 0.4) is 0 Å². The summed E-state index contributed by atoms with van der Waals surface area (Å²) in [6, 6.07) is 3.77. The zero-order valence-corrected chi connectivity index (χ0v) is 12.2. The van der Waals surface area contributed by atoms with Crippen LogP contribution < -0.4 is 10.2 Å². The molecule has 2 atom stereocenters. The molecule has 1 aromatic rings. The Morgan fingerprint density at radius 2 is 1.65 bits per heavy atom. The Morgan fingerprint density at radius 1 is 1.05 bits per heavy atom. The third kappa shape index (κ3) is 3.71. The highest BCUT2D eigenvalue weighted by Crippen LogP contribution is 2.32. The summed E-state index contributed by atoms with van der Waals surface area (Å²) in [5.41, 5.74) is 0.00723. The maximum atomic E-state index is 12.7. The van der Waals surface area contributed by atoms with Crippen LogP contribution in [0, 0.1) is 18.8 Å². The van der Waals surface area contributed by atoms with E-state index in [9.17, 15) is 12.9 Å². The molecule has 112 valence electrons. The number of hydrogen-bond acceptors (Lipinski definition) is 1. The lowest BCUT2D eigenvalue weighted by Crippen LogP contribution is -2.34. The van der Waals surface area contributed by atoms with E-state index in [-0.39, 0.29) is 6.10 Å². The van der Waals surface area contributed by atoms with E-state index in [2.05, 4.69) is 13.8 Å². The molecule has 2 unspecified atom stereocenters. The molecule has 0 saturated heterocycles. The Labute approximate surface area is 118 Å². The predicted molar refractivity (Wildman–Crippen MR) is 76.5 cm³/mol. The second-order valence-corrected chi connectivity index (χ2v) is 6.26. The molecule has 1 nitrogen and oxygen atoms in total. The average Bonchev–Trinajstić information content (AvgIpc) is 2.29. The molecule has 2 rings (SSSR count). The van der Waals surface area contributed by atoms with Crippen LogP contribution in [0.5, 0.6) is 5.75 Å². The molecule has 1 fully saturated rings. The average molecular weight is 285 g/mol. The summed E-state index contributed by atoms with van der Waals surface area (Å²) in [5, 5.41) is 0. The molecule has 0 aromatic heterocycles. The predicted octanol–water partition coefficient (Wildman–Crippen LogP) is 4.25. The molecule has 0 amide bonds. The fraction of sp³-hybridized carbons (Fsp3) is 0.600. The van der Waals surface area contributed by atoms with Crippen LogP contribution in [-0.4, -0.2) is 13.1 Å². The first-order valence-corrected chi connectivity index (χ1v) is 7.23. The van der Waals surface area contributed by atoms with Crippen molar-refractivity contribution in [3.05, 3.63) is 23.8 Å². The molecule has 1 aliphatic rings. The van der Waals surface area contributed by atoms with Crippen molar-refractivity contribution in [3.8, 4) is 5.75 Å². The van der Waals surface area contributed by atoms with Crippen LogP contribution in [0.1, 0.15) is 38.7 Å². The monoisotopic (exact) mass is 285 g/mol. The first kappa shape index (κ1) is 15.3. The highest BCUT2D eigenvalue weighted by Gasteiger charge is 2.27. The Bertz CT molecular complexity index is 463. The summed E-state index contributed by atoms with van der Waals surface area (Å²) in [6.45, 7) is 1.15. The SMILES string of the molecule is Cc1cc([B-](F)(F)F)ccc1OC1CC(C)CC(C)C1. The second-order valence-electron chi connectivity index (χ2n) is 6.26. The molecular weight excluding hydrogens is 264 g/mol. The highest BCUT2D eigenvalue weighted by atomic mass is 19.4. The van der Waals surface area contributed by atoms with Gasteiger partial charge in [-0.25, -0.2) is 0 Å².